The zero-order valence-electron chi connectivity index (χ0n) is 10.8. The standard InChI is InChI=1S/C14H18N2OS/c1-10-6-7-16-9-13(10)17-12-4-3-5-14(18-2)11(12)8-15/h3-5,10,13,16H,6-7,9H2,1-2H3. The van der Waals surface area contributed by atoms with Crippen LogP contribution in [0.15, 0.2) is 23.1 Å². The predicted molar refractivity (Wildman–Crippen MR) is 74.0 cm³/mol. The molecular weight excluding hydrogens is 244 g/mol. The minimum Gasteiger partial charge on any atom is -0.487 e. The Morgan fingerprint density at radius 1 is 1.50 bits per heavy atom. The van der Waals surface area contributed by atoms with Gasteiger partial charge >= 0.3 is 0 Å². The molecule has 0 radical (unpaired) electrons. The van der Waals surface area contributed by atoms with Crippen molar-refractivity contribution in [3.05, 3.63) is 23.8 Å². The summed E-state index contributed by atoms with van der Waals surface area (Å²) in [5, 5.41) is 12.6. The van der Waals surface area contributed by atoms with Crippen LogP contribution in [-0.4, -0.2) is 25.4 Å². The van der Waals surface area contributed by atoms with E-state index < -0.39 is 0 Å². The van der Waals surface area contributed by atoms with Crippen LogP contribution >= 0.6 is 11.8 Å². The van der Waals surface area contributed by atoms with Gasteiger partial charge in [0.1, 0.15) is 23.5 Å². The molecule has 2 atom stereocenters. The molecule has 0 bridgehead atoms. The normalized spacial score (nSPS) is 23.4. The molecule has 0 aliphatic carbocycles. The van der Waals surface area contributed by atoms with Crippen molar-refractivity contribution in [3.8, 4) is 11.8 Å². The highest BCUT2D eigenvalue weighted by Crippen LogP contribution is 2.30. The number of benzene rings is 1. The first-order valence-corrected chi connectivity index (χ1v) is 7.43. The predicted octanol–water partition coefficient (Wildman–Crippen LogP) is 2.66. The maximum Gasteiger partial charge on any atom is 0.138 e. The number of nitrogens with zero attached hydrogens (tertiary/aromatic N) is 1. The van der Waals surface area contributed by atoms with Gasteiger partial charge in [0.15, 0.2) is 0 Å². The van der Waals surface area contributed by atoms with Gasteiger partial charge in [0.2, 0.25) is 0 Å². The lowest BCUT2D eigenvalue weighted by Crippen LogP contribution is -2.42. The van der Waals surface area contributed by atoms with Crippen LogP contribution in [0.5, 0.6) is 5.75 Å². The van der Waals surface area contributed by atoms with Crippen LogP contribution in [0.4, 0.5) is 0 Å². The van der Waals surface area contributed by atoms with E-state index in [2.05, 4.69) is 18.3 Å². The highest BCUT2D eigenvalue weighted by atomic mass is 32.2. The zero-order valence-corrected chi connectivity index (χ0v) is 11.6. The lowest BCUT2D eigenvalue weighted by atomic mass is 9.97. The van der Waals surface area contributed by atoms with Gasteiger partial charge in [-0.05, 0) is 37.3 Å². The fourth-order valence-electron chi connectivity index (χ4n) is 2.17. The monoisotopic (exact) mass is 262 g/mol. The van der Waals surface area contributed by atoms with Crippen molar-refractivity contribution in [2.75, 3.05) is 19.3 Å². The molecule has 1 heterocycles. The summed E-state index contributed by atoms with van der Waals surface area (Å²) in [6.45, 7) is 4.11. The summed E-state index contributed by atoms with van der Waals surface area (Å²) in [5.74, 6) is 1.24. The molecule has 1 N–H and O–H groups in total. The van der Waals surface area contributed by atoms with Crippen LogP contribution in [-0.2, 0) is 0 Å². The molecule has 3 nitrogen and oxygen atoms in total. The Kier molecular flexibility index (Phi) is 4.51. The van der Waals surface area contributed by atoms with Crippen molar-refractivity contribution in [2.24, 2.45) is 5.92 Å². The van der Waals surface area contributed by atoms with Gasteiger partial charge in [0, 0.05) is 11.4 Å². The molecule has 0 amide bonds. The maximum absolute atomic E-state index is 9.27. The minimum atomic E-state index is 0.156. The first-order valence-electron chi connectivity index (χ1n) is 6.20. The molecule has 1 aliphatic heterocycles. The molecule has 2 unspecified atom stereocenters. The molecule has 1 aromatic carbocycles. The van der Waals surface area contributed by atoms with Gasteiger partial charge in [0.25, 0.3) is 0 Å². The molecule has 0 saturated carbocycles. The van der Waals surface area contributed by atoms with Crippen LogP contribution in [0.3, 0.4) is 0 Å². The lowest BCUT2D eigenvalue weighted by molar-refractivity contribution is 0.114. The highest BCUT2D eigenvalue weighted by Gasteiger charge is 2.23. The number of ether oxygens (including phenoxy) is 1. The zero-order chi connectivity index (χ0) is 13.0. The molecule has 0 spiro atoms. The van der Waals surface area contributed by atoms with Crippen molar-refractivity contribution < 1.29 is 4.74 Å². The second-order valence-corrected chi connectivity index (χ2v) is 5.42. The van der Waals surface area contributed by atoms with Gasteiger partial charge in [-0.25, -0.2) is 0 Å². The van der Waals surface area contributed by atoms with Crippen LogP contribution in [0.2, 0.25) is 0 Å². The maximum atomic E-state index is 9.27. The molecule has 1 fully saturated rings. The van der Waals surface area contributed by atoms with Gasteiger partial charge < -0.3 is 10.1 Å². The Morgan fingerprint density at radius 2 is 2.33 bits per heavy atom. The van der Waals surface area contributed by atoms with Crippen molar-refractivity contribution >= 4 is 11.8 Å². The van der Waals surface area contributed by atoms with E-state index in [1.807, 2.05) is 24.5 Å². The number of nitrogens with one attached hydrogen (secondary N) is 1. The SMILES string of the molecule is CSc1cccc(OC2CNCCC2C)c1C#N. The Bertz CT molecular complexity index is 456. The quantitative estimate of drug-likeness (QED) is 0.851. The summed E-state index contributed by atoms with van der Waals surface area (Å²) in [7, 11) is 0. The van der Waals surface area contributed by atoms with E-state index in [4.69, 9.17) is 4.74 Å². The summed E-state index contributed by atoms with van der Waals surface area (Å²) < 4.78 is 6.03. The summed E-state index contributed by atoms with van der Waals surface area (Å²) in [6.07, 6.45) is 3.25. The summed E-state index contributed by atoms with van der Waals surface area (Å²) in [4.78, 5) is 0.978. The third kappa shape index (κ3) is 2.80. The van der Waals surface area contributed by atoms with E-state index in [1.165, 1.54) is 0 Å². The summed E-state index contributed by atoms with van der Waals surface area (Å²) in [6, 6.07) is 8.05. The van der Waals surface area contributed by atoms with Gasteiger partial charge in [-0.15, -0.1) is 11.8 Å². The van der Waals surface area contributed by atoms with Crippen molar-refractivity contribution in [1.82, 2.24) is 5.32 Å². The van der Waals surface area contributed by atoms with Crippen LogP contribution < -0.4 is 10.1 Å². The Hall–Kier alpha value is -1.18. The van der Waals surface area contributed by atoms with Crippen LogP contribution in [0.1, 0.15) is 18.9 Å². The molecule has 4 heteroatoms. The van der Waals surface area contributed by atoms with E-state index in [1.54, 1.807) is 11.8 Å². The second kappa shape index (κ2) is 6.12. The third-order valence-corrected chi connectivity index (χ3v) is 4.13. The van der Waals surface area contributed by atoms with Gasteiger partial charge in [-0.2, -0.15) is 5.26 Å². The minimum absolute atomic E-state index is 0.156. The smallest absolute Gasteiger partial charge is 0.138 e. The Labute approximate surface area is 113 Å². The number of piperidine rings is 1. The molecule has 1 aromatic rings. The van der Waals surface area contributed by atoms with E-state index in [0.29, 0.717) is 17.2 Å². The van der Waals surface area contributed by atoms with Crippen molar-refractivity contribution in [3.63, 3.8) is 0 Å². The van der Waals surface area contributed by atoms with Crippen molar-refractivity contribution in [1.29, 1.82) is 5.26 Å². The van der Waals surface area contributed by atoms with Gasteiger partial charge in [-0.1, -0.05) is 13.0 Å². The van der Waals surface area contributed by atoms with E-state index in [0.717, 1.165) is 24.4 Å². The largest absolute Gasteiger partial charge is 0.487 e. The number of nitriles is 1. The van der Waals surface area contributed by atoms with Gasteiger partial charge in [-0.3, -0.25) is 0 Å². The molecular formula is C14H18N2OS. The number of hydrogen-bond donors (Lipinski definition) is 1. The second-order valence-electron chi connectivity index (χ2n) is 4.57. The Balaban J connectivity index is 2.20. The average Bonchev–Trinajstić information content (AvgIpc) is 2.41. The average molecular weight is 262 g/mol. The fourth-order valence-corrected chi connectivity index (χ4v) is 2.74. The lowest BCUT2D eigenvalue weighted by Gasteiger charge is -2.30. The number of thioether (sulfide) groups is 1. The van der Waals surface area contributed by atoms with Crippen LogP contribution in [0, 0.1) is 17.2 Å². The van der Waals surface area contributed by atoms with Crippen molar-refractivity contribution in [2.45, 2.75) is 24.3 Å². The highest BCUT2D eigenvalue weighted by molar-refractivity contribution is 7.98. The number of hydrogen-bond acceptors (Lipinski definition) is 4. The first-order chi connectivity index (χ1) is 8.76. The molecule has 18 heavy (non-hydrogen) atoms. The van der Waals surface area contributed by atoms with E-state index in [-0.39, 0.29) is 6.10 Å². The molecule has 0 aromatic heterocycles. The van der Waals surface area contributed by atoms with E-state index in [9.17, 15) is 5.26 Å². The molecule has 1 saturated heterocycles. The number of rotatable bonds is 3. The summed E-state index contributed by atoms with van der Waals surface area (Å²) in [5.41, 5.74) is 0.655. The first kappa shape index (κ1) is 13.3. The molecule has 96 valence electrons. The van der Waals surface area contributed by atoms with Gasteiger partial charge in [0.05, 0.1) is 0 Å². The third-order valence-electron chi connectivity index (χ3n) is 3.35. The van der Waals surface area contributed by atoms with Crippen LogP contribution in [0.25, 0.3) is 0 Å². The summed E-state index contributed by atoms with van der Waals surface area (Å²) >= 11 is 1.58. The fraction of sp³-hybridized carbons (Fsp3) is 0.500. The van der Waals surface area contributed by atoms with E-state index >= 15 is 0 Å². The topological polar surface area (TPSA) is 45.0 Å². The molecule has 1 aliphatic rings. The Morgan fingerprint density at radius 3 is 3.00 bits per heavy atom. The molecule has 2 rings (SSSR count).